The molecule has 6 heteroatoms. The minimum Gasteiger partial charge on any atom is -0.508 e. The molecule has 1 unspecified atom stereocenters. The lowest BCUT2D eigenvalue weighted by Gasteiger charge is -2.20. The number of phenols is 1. The molecule has 23 heavy (non-hydrogen) atoms. The minimum absolute atomic E-state index is 0.00765. The number of aliphatic hydroxyl groups excluding tert-OH is 1. The van der Waals surface area contributed by atoms with Crippen molar-refractivity contribution in [2.45, 2.75) is 33.2 Å². The number of carbonyl (C=O) groups is 1. The highest BCUT2D eigenvalue weighted by molar-refractivity contribution is 5.85. The van der Waals surface area contributed by atoms with E-state index in [2.05, 4.69) is 5.32 Å². The molecule has 1 aromatic carbocycles. The Labute approximate surface area is 133 Å². The molecule has 0 spiro atoms. The molecular formula is C17H21NO5. The third-order valence-electron chi connectivity index (χ3n) is 3.96. The number of benzene rings is 1. The second-order valence-corrected chi connectivity index (χ2v) is 5.95. The average Bonchev–Trinajstić information content (AvgIpc) is 2.48. The van der Waals surface area contributed by atoms with E-state index >= 15 is 0 Å². The Morgan fingerprint density at radius 2 is 2.04 bits per heavy atom. The van der Waals surface area contributed by atoms with Gasteiger partial charge in [-0.15, -0.1) is 0 Å². The number of nitrogens with one attached hydrogen (secondary N) is 1. The summed E-state index contributed by atoms with van der Waals surface area (Å²) in [7, 11) is 0. The smallest absolute Gasteiger partial charge is 0.340 e. The fourth-order valence-electron chi connectivity index (χ4n) is 2.43. The first-order valence-corrected chi connectivity index (χ1v) is 7.49. The summed E-state index contributed by atoms with van der Waals surface area (Å²) < 4.78 is 5.19. The van der Waals surface area contributed by atoms with Crippen LogP contribution in [0.2, 0.25) is 0 Å². The predicted octanol–water partition coefficient (Wildman–Crippen LogP) is 1.48. The number of aryl methyl sites for hydroxylation is 1. The zero-order chi connectivity index (χ0) is 17.1. The molecule has 0 saturated heterocycles. The molecule has 1 heterocycles. The monoisotopic (exact) mass is 319 g/mol. The highest BCUT2D eigenvalue weighted by Gasteiger charge is 2.19. The number of fused-ring (bicyclic) bond motifs is 1. The zero-order valence-corrected chi connectivity index (χ0v) is 13.4. The van der Waals surface area contributed by atoms with E-state index in [-0.39, 0.29) is 47.8 Å². The van der Waals surface area contributed by atoms with Crippen LogP contribution in [0.5, 0.6) is 5.75 Å². The molecule has 2 rings (SSSR count). The third-order valence-corrected chi connectivity index (χ3v) is 3.96. The second kappa shape index (κ2) is 6.83. The van der Waals surface area contributed by atoms with Crippen LogP contribution in [0.15, 0.2) is 27.4 Å². The molecule has 0 aliphatic heterocycles. The van der Waals surface area contributed by atoms with E-state index in [9.17, 15) is 19.8 Å². The molecule has 0 radical (unpaired) electrons. The molecule has 2 aromatic rings. The summed E-state index contributed by atoms with van der Waals surface area (Å²) >= 11 is 0. The number of hydrogen-bond acceptors (Lipinski definition) is 5. The van der Waals surface area contributed by atoms with Crippen molar-refractivity contribution < 1.29 is 19.4 Å². The van der Waals surface area contributed by atoms with Crippen molar-refractivity contribution in [3.8, 4) is 5.75 Å². The number of carbonyl (C=O) groups excluding carboxylic acids is 1. The first kappa shape index (κ1) is 17.0. The van der Waals surface area contributed by atoms with E-state index in [0.717, 1.165) is 0 Å². The summed E-state index contributed by atoms with van der Waals surface area (Å²) in [6.07, 6.45) is -0.117. The number of hydrogen-bond donors (Lipinski definition) is 3. The van der Waals surface area contributed by atoms with E-state index in [0.29, 0.717) is 10.9 Å². The first-order chi connectivity index (χ1) is 10.8. The Hall–Kier alpha value is -2.34. The van der Waals surface area contributed by atoms with Crippen LogP contribution >= 0.6 is 0 Å². The van der Waals surface area contributed by atoms with Gasteiger partial charge in [0.1, 0.15) is 11.3 Å². The van der Waals surface area contributed by atoms with Crippen molar-refractivity contribution in [3.63, 3.8) is 0 Å². The van der Waals surface area contributed by atoms with Crippen LogP contribution in [0, 0.1) is 12.8 Å². The van der Waals surface area contributed by atoms with Crippen molar-refractivity contribution in [2.75, 3.05) is 6.61 Å². The normalized spacial score (nSPS) is 12.6. The topological polar surface area (TPSA) is 99.8 Å². The van der Waals surface area contributed by atoms with Crippen LogP contribution in [0.3, 0.4) is 0 Å². The summed E-state index contributed by atoms with van der Waals surface area (Å²) in [6, 6.07) is 4.16. The SMILES string of the molecule is Cc1c(CC(=O)NC(CO)C(C)C)c(=O)oc2cc(O)ccc12. The number of amides is 1. The van der Waals surface area contributed by atoms with Crippen molar-refractivity contribution in [3.05, 3.63) is 39.7 Å². The number of phenolic OH excluding ortho intramolecular Hbond substituents is 1. The van der Waals surface area contributed by atoms with Gasteiger partial charge in [0, 0.05) is 11.5 Å². The lowest BCUT2D eigenvalue weighted by Crippen LogP contribution is -2.42. The fourth-order valence-corrected chi connectivity index (χ4v) is 2.43. The maximum Gasteiger partial charge on any atom is 0.340 e. The Morgan fingerprint density at radius 3 is 2.65 bits per heavy atom. The van der Waals surface area contributed by atoms with Crippen LogP contribution in [-0.4, -0.2) is 28.8 Å². The summed E-state index contributed by atoms with van der Waals surface area (Å²) in [5.74, 6) is -0.249. The standard InChI is InChI=1S/C17H21NO5/c1-9(2)14(8-19)18-16(21)7-13-10(3)12-5-4-11(20)6-15(12)23-17(13)22/h4-6,9,14,19-20H,7-8H2,1-3H3,(H,18,21). The maximum atomic E-state index is 12.1. The second-order valence-electron chi connectivity index (χ2n) is 5.95. The van der Waals surface area contributed by atoms with Gasteiger partial charge in [-0.25, -0.2) is 4.79 Å². The van der Waals surface area contributed by atoms with Crippen LogP contribution in [-0.2, 0) is 11.2 Å². The molecule has 1 aromatic heterocycles. The van der Waals surface area contributed by atoms with Gasteiger partial charge in [-0.1, -0.05) is 13.8 Å². The average molecular weight is 319 g/mol. The van der Waals surface area contributed by atoms with Gasteiger partial charge in [0.05, 0.1) is 24.6 Å². The largest absolute Gasteiger partial charge is 0.508 e. The van der Waals surface area contributed by atoms with Crippen molar-refractivity contribution in [1.82, 2.24) is 5.32 Å². The van der Waals surface area contributed by atoms with E-state index in [1.165, 1.54) is 12.1 Å². The molecule has 1 amide bonds. The number of aromatic hydroxyl groups is 1. The molecule has 6 nitrogen and oxygen atoms in total. The van der Waals surface area contributed by atoms with E-state index in [4.69, 9.17) is 4.42 Å². The summed E-state index contributed by atoms with van der Waals surface area (Å²) in [6.45, 7) is 5.37. The molecule has 3 N–H and O–H groups in total. The fraction of sp³-hybridized carbons (Fsp3) is 0.412. The Kier molecular flexibility index (Phi) is 5.05. The van der Waals surface area contributed by atoms with Gasteiger partial charge < -0.3 is 19.9 Å². The van der Waals surface area contributed by atoms with Gasteiger partial charge in [0.2, 0.25) is 5.91 Å². The van der Waals surface area contributed by atoms with Gasteiger partial charge in [0.15, 0.2) is 0 Å². The molecule has 0 aliphatic rings. The lowest BCUT2D eigenvalue weighted by molar-refractivity contribution is -0.121. The molecule has 0 saturated carbocycles. The van der Waals surface area contributed by atoms with E-state index < -0.39 is 5.63 Å². The Bertz CT molecular complexity index is 778. The van der Waals surface area contributed by atoms with E-state index in [1.54, 1.807) is 13.0 Å². The summed E-state index contributed by atoms with van der Waals surface area (Å²) in [4.78, 5) is 24.3. The molecule has 1 atom stereocenters. The molecule has 0 aliphatic carbocycles. The highest BCUT2D eigenvalue weighted by atomic mass is 16.4. The van der Waals surface area contributed by atoms with Crippen molar-refractivity contribution >= 4 is 16.9 Å². The van der Waals surface area contributed by atoms with Gasteiger partial charge in [-0.3, -0.25) is 4.79 Å². The minimum atomic E-state index is -0.596. The van der Waals surface area contributed by atoms with Crippen LogP contribution in [0.1, 0.15) is 25.0 Å². The molecular weight excluding hydrogens is 298 g/mol. The lowest BCUT2D eigenvalue weighted by atomic mass is 10.0. The van der Waals surface area contributed by atoms with Crippen molar-refractivity contribution in [2.24, 2.45) is 5.92 Å². The Morgan fingerprint density at radius 1 is 1.35 bits per heavy atom. The third kappa shape index (κ3) is 3.71. The van der Waals surface area contributed by atoms with Crippen LogP contribution < -0.4 is 10.9 Å². The van der Waals surface area contributed by atoms with Gasteiger partial charge in [0.25, 0.3) is 0 Å². The first-order valence-electron chi connectivity index (χ1n) is 7.49. The zero-order valence-electron chi connectivity index (χ0n) is 13.4. The summed E-state index contributed by atoms with van der Waals surface area (Å²) in [5, 5.41) is 22.1. The van der Waals surface area contributed by atoms with Gasteiger partial charge in [-0.2, -0.15) is 0 Å². The molecule has 0 bridgehead atoms. The van der Waals surface area contributed by atoms with Gasteiger partial charge >= 0.3 is 5.63 Å². The number of rotatable bonds is 5. The highest BCUT2D eigenvalue weighted by Crippen LogP contribution is 2.23. The Balaban J connectivity index is 2.31. The maximum absolute atomic E-state index is 12.1. The van der Waals surface area contributed by atoms with Crippen LogP contribution in [0.25, 0.3) is 11.0 Å². The molecule has 0 fully saturated rings. The van der Waals surface area contributed by atoms with E-state index in [1.807, 2.05) is 13.8 Å². The van der Waals surface area contributed by atoms with Crippen molar-refractivity contribution in [1.29, 1.82) is 0 Å². The van der Waals surface area contributed by atoms with Gasteiger partial charge in [-0.05, 0) is 30.5 Å². The van der Waals surface area contributed by atoms with Crippen LogP contribution in [0.4, 0.5) is 0 Å². The molecule has 124 valence electrons. The predicted molar refractivity (Wildman–Crippen MR) is 86.4 cm³/mol. The summed E-state index contributed by atoms with van der Waals surface area (Å²) in [5.41, 5.74) is 0.616. The number of aliphatic hydroxyl groups is 1. The quantitative estimate of drug-likeness (QED) is 0.725.